The summed E-state index contributed by atoms with van der Waals surface area (Å²) in [7, 11) is 5.42. The number of ketones is 1. The second kappa shape index (κ2) is 6.36. The molecular weight excluding hydrogens is 326 g/mol. The molecule has 0 saturated heterocycles. The summed E-state index contributed by atoms with van der Waals surface area (Å²) in [6.07, 6.45) is 6.24. The Balaban J connectivity index is 1.71. The number of Topliss-reactive ketones (excluding diaryl/α,β-unsaturated/α-hetero) is 1. The van der Waals surface area contributed by atoms with Gasteiger partial charge in [0.1, 0.15) is 17.2 Å². The average Bonchev–Trinajstić information content (AvgIpc) is 2.94. The van der Waals surface area contributed by atoms with E-state index >= 15 is 0 Å². The van der Waals surface area contributed by atoms with Crippen molar-refractivity contribution in [2.75, 3.05) is 21.2 Å². The lowest BCUT2D eigenvalue weighted by Gasteiger charge is -2.48. The molecule has 2 saturated carbocycles. The summed E-state index contributed by atoms with van der Waals surface area (Å²) in [5.41, 5.74) is 3.53. The largest absolute Gasteiger partial charge is 0.494 e. The van der Waals surface area contributed by atoms with Crippen LogP contribution in [0.4, 0.5) is 5.69 Å². The van der Waals surface area contributed by atoms with E-state index in [0.29, 0.717) is 23.5 Å². The average molecular weight is 355 g/mol. The van der Waals surface area contributed by atoms with Gasteiger partial charge in [-0.25, -0.2) is 0 Å². The fourth-order valence-electron chi connectivity index (χ4n) is 5.74. The molecule has 5 nitrogen and oxygen atoms in total. The minimum absolute atomic E-state index is 0.0708. The van der Waals surface area contributed by atoms with Gasteiger partial charge >= 0.3 is 0 Å². The molecule has 0 N–H and O–H groups in total. The molecule has 3 aliphatic carbocycles. The Labute approximate surface area is 155 Å². The first-order chi connectivity index (χ1) is 12.4. The molecular formula is C21H29N3O2. The summed E-state index contributed by atoms with van der Waals surface area (Å²) in [4.78, 5) is 12.5. The number of carbonyl (C=O) groups excluding carboxylic acids is 1. The van der Waals surface area contributed by atoms with Crippen LogP contribution in [0.3, 0.4) is 0 Å². The number of nitrogens with zero attached hydrogens (tertiary/aromatic N) is 3. The van der Waals surface area contributed by atoms with E-state index in [1.165, 1.54) is 17.5 Å². The van der Waals surface area contributed by atoms with Gasteiger partial charge in [-0.15, -0.1) is 5.11 Å². The third-order valence-corrected chi connectivity index (χ3v) is 7.06. The predicted octanol–water partition coefficient (Wildman–Crippen LogP) is 4.68. The van der Waals surface area contributed by atoms with Gasteiger partial charge in [0.15, 0.2) is 0 Å². The van der Waals surface area contributed by atoms with Crippen molar-refractivity contribution in [3.05, 3.63) is 23.3 Å². The smallest absolute Gasteiger partial charge is 0.146 e. The number of carbonyl (C=O) groups is 1. The Bertz CT molecular complexity index is 758. The lowest BCUT2D eigenvalue weighted by Crippen LogP contribution is -2.42. The Morgan fingerprint density at radius 1 is 1.19 bits per heavy atom. The maximum absolute atomic E-state index is 12.5. The van der Waals surface area contributed by atoms with Crippen molar-refractivity contribution < 1.29 is 9.53 Å². The van der Waals surface area contributed by atoms with Crippen LogP contribution in [0.1, 0.15) is 56.1 Å². The molecule has 5 heteroatoms. The highest BCUT2D eigenvalue weighted by Crippen LogP contribution is 2.60. The quantitative estimate of drug-likeness (QED) is 0.584. The van der Waals surface area contributed by atoms with Crippen molar-refractivity contribution in [3.8, 4) is 5.75 Å². The van der Waals surface area contributed by atoms with Crippen LogP contribution in [-0.4, -0.2) is 32.0 Å². The number of aryl methyl sites for hydroxylation is 1. The number of ether oxygens (including phenoxy) is 1. The zero-order chi connectivity index (χ0) is 18.5. The summed E-state index contributed by atoms with van der Waals surface area (Å²) in [5, 5.41) is 10.2. The minimum atomic E-state index is -0.0708. The van der Waals surface area contributed by atoms with Gasteiger partial charge in [-0.3, -0.25) is 9.80 Å². The van der Waals surface area contributed by atoms with Crippen molar-refractivity contribution in [1.29, 1.82) is 0 Å². The van der Waals surface area contributed by atoms with Crippen molar-refractivity contribution in [3.63, 3.8) is 0 Å². The molecule has 0 spiro atoms. The lowest BCUT2D eigenvalue weighted by atomic mass is 9.55. The first kappa shape index (κ1) is 17.5. The predicted molar refractivity (Wildman–Crippen MR) is 101 cm³/mol. The van der Waals surface area contributed by atoms with E-state index in [1.807, 2.05) is 14.1 Å². The van der Waals surface area contributed by atoms with Gasteiger partial charge in [0.25, 0.3) is 0 Å². The molecule has 0 bridgehead atoms. The zero-order valence-corrected chi connectivity index (χ0v) is 16.3. The molecule has 0 radical (unpaired) electrons. The molecule has 2 fully saturated rings. The van der Waals surface area contributed by atoms with E-state index < -0.39 is 0 Å². The van der Waals surface area contributed by atoms with Crippen molar-refractivity contribution in [2.24, 2.45) is 27.6 Å². The molecule has 0 aliphatic heterocycles. The second-order valence-electron chi connectivity index (χ2n) is 8.59. The van der Waals surface area contributed by atoms with Crippen LogP contribution < -0.4 is 4.74 Å². The van der Waals surface area contributed by atoms with Crippen LogP contribution in [0.25, 0.3) is 0 Å². The number of rotatable bonds is 3. The van der Waals surface area contributed by atoms with Crippen LogP contribution in [0, 0.1) is 17.3 Å². The number of hydrogen-bond acceptors (Lipinski definition) is 4. The summed E-state index contributed by atoms with van der Waals surface area (Å²) >= 11 is 0. The summed E-state index contributed by atoms with van der Waals surface area (Å²) < 4.78 is 5.56. The first-order valence-electron chi connectivity index (χ1n) is 9.77. The minimum Gasteiger partial charge on any atom is -0.494 e. The maximum atomic E-state index is 12.5. The van der Waals surface area contributed by atoms with Crippen LogP contribution in [0.2, 0.25) is 0 Å². The Morgan fingerprint density at radius 3 is 2.73 bits per heavy atom. The lowest BCUT2D eigenvalue weighted by molar-refractivity contribution is -0.129. The van der Waals surface area contributed by atoms with E-state index in [1.54, 1.807) is 12.1 Å². The SMILES string of the molecule is COc1cc2c(cc1N=NN(C)C)C1CCC3(C)C(=O)CCC3C1CC2. The Morgan fingerprint density at radius 2 is 2.00 bits per heavy atom. The van der Waals surface area contributed by atoms with Gasteiger partial charge in [0.05, 0.1) is 7.11 Å². The topological polar surface area (TPSA) is 54.3 Å². The molecule has 4 unspecified atom stereocenters. The summed E-state index contributed by atoms with van der Waals surface area (Å²) in [6.45, 7) is 2.23. The van der Waals surface area contributed by atoms with E-state index in [0.717, 1.165) is 43.5 Å². The normalized spacial score (nSPS) is 32.9. The van der Waals surface area contributed by atoms with Crippen molar-refractivity contribution in [1.82, 2.24) is 5.01 Å². The van der Waals surface area contributed by atoms with Gasteiger partial charge < -0.3 is 4.74 Å². The van der Waals surface area contributed by atoms with Crippen molar-refractivity contribution in [2.45, 2.75) is 51.4 Å². The molecule has 4 atom stereocenters. The van der Waals surface area contributed by atoms with Crippen LogP contribution in [-0.2, 0) is 11.2 Å². The van der Waals surface area contributed by atoms with Gasteiger partial charge in [-0.05, 0) is 73.1 Å². The summed E-state index contributed by atoms with van der Waals surface area (Å²) in [5.74, 6) is 3.02. The molecule has 1 aromatic rings. The summed E-state index contributed by atoms with van der Waals surface area (Å²) in [6, 6.07) is 4.35. The van der Waals surface area contributed by atoms with Gasteiger partial charge in [0, 0.05) is 25.9 Å². The highest BCUT2D eigenvalue weighted by molar-refractivity contribution is 5.87. The van der Waals surface area contributed by atoms with Crippen LogP contribution in [0.5, 0.6) is 5.75 Å². The Hall–Kier alpha value is -1.91. The molecule has 1 aromatic carbocycles. The number of hydrogen-bond donors (Lipinski definition) is 0. The zero-order valence-electron chi connectivity index (χ0n) is 16.3. The molecule has 140 valence electrons. The van der Waals surface area contributed by atoms with Gasteiger partial charge in [-0.1, -0.05) is 12.1 Å². The molecule has 0 amide bonds. The molecule has 3 aliphatic rings. The fraction of sp³-hybridized carbons (Fsp3) is 0.667. The maximum Gasteiger partial charge on any atom is 0.146 e. The first-order valence-corrected chi connectivity index (χ1v) is 9.77. The number of benzene rings is 1. The van der Waals surface area contributed by atoms with E-state index in [-0.39, 0.29) is 5.41 Å². The molecule has 0 aromatic heterocycles. The second-order valence-corrected chi connectivity index (χ2v) is 8.59. The Kier molecular flexibility index (Phi) is 4.28. The number of fused-ring (bicyclic) bond motifs is 5. The van der Waals surface area contributed by atoms with E-state index in [4.69, 9.17) is 4.74 Å². The van der Waals surface area contributed by atoms with Gasteiger partial charge in [0.2, 0.25) is 0 Å². The highest BCUT2D eigenvalue weighted by atomic mass is 16.5. The molecule has 26 heavy (non-hydrogen) atoms. The monoisotopic (exact) mass is 355 g/mol. The molecule has 0 heterocycles. The van der Waals surface area contributed by atoms with Crippen LogP contribution in [0.15, 0.2) is 22.5 Å². The van der Waals surface area contributed by atoms with Crippen LogP contribution >= 0.6 is 0 Å². The number of methoxy groups -OCH3 is 1. The van der Waals surface area contributed by atoms with E-state index in [2.05, 4.69) is 29.4 Å². The molecule has 4 rings (SSSR count). The fourth-order valence-corrected chi connectivity index (χ4v) is 5.74. The van der Waals surface area contributed by atoms with Gasteiger partial charge in [-0.2, -0.15) is 0 Å². The van der Waals surface area contributed by atoms with Crippen molar-refractivity contribution >= 4 is 11.5 Å². The third kappa shape index (κ3) is 2.63. The van der Waals surface area contributed by atoms with E-state index in [9.17, 15) is 4.79 Å². The highest BCUT2D eigenvalue weighted by Gasteiger charge is 2.54. The third-order valence-electron chi connectivity index (χ3n) is 7.06. The standard InChI is InChI=1S/C21H29N3O2/c1-21-10-9-14-15(17(21)7-8-20(21)25)6-5-13-11-19(26-4)18(12-16(13)14)22-23-24(2)3/h11-12,14-15,17H,5-10H2,1-4H3.